The van der Waals surface area contributed by atoms with Gasteiger partial charge in [0.2, 0.25) is 0 Å². The molecule has 0 saturated heterocycles. The van der Waals surface area contributed by atoms with Gasteiger partial charge in [0.05, 0.1) is 6.61 Å². The van der Waals surface area contributed by atoms with E-state index in [0.717, 1.165) is 13.0 Å². The molecule has 0 radical (unpaired) electrons. The maximum atomic E-state index is 5.40. The fraction of sp³-hybridized carbons (Fsp3) is 0.333. The first-order valence-corrected chi connectivity index (χ1v) is 4.77. The standard InChI is InChI=1S/C9H13OP/c1-2-8-10-11-9-6-4-3-5-7-9/h3-7,11H,2,8H2,1H3. The van der Waals surface area contributed by atoms with Crippen molar-refractivity contribution in [3.63, 3.8) is 0 Å². The van der Waals surface area contributed by atoms with Gasteiger partial charge < -0.3 is 4.52 Å². The van der Waals surface area contributed by atoms with Crippen LogP contribution in [-0.2, 0) is 4.52 Å². The molecule has 1 rings (SSSR count). The van der Waals surface area contributed by atoms with Crippen LogP contribution in [0, 0.1) is 0 Å². The summed E-state index contributed by atoms with van der Waals surface area (Å²) in [6, 6.07) is 10.3. The minimum Gasteiger partial charge on any atom is -0.358 e. The summed E-state index contributed by atoms with van der Waals surface area (Å²) in [5.41, 5.74) is 0. The number of hydrogen-bond acceptors (Lipinski definition) is 1. The van der Waals surface area contributed by atoms with Crippen LogP contribution in [0.3, 0.4) is 0 Å². The van der Waals surface area contributed by atoms with Gasteiger partial charge in [-0.2, -0.15) is 0 Å². The maximum absolute atomic E-state index is 5.40. The zero-order valence-corrected chi connectivity index (χ0v) is 7.71. The Morgan fingerprint density at radius 1 is 1.27 bits per heavy atom. The predicted molar refractivity (Wildman–Crippen MR) is 50.6 cm³/mol. The third-order valence-corrected chi connectivity index (χ3v) is 2.19. The molecule has 0 heterocycles. The van der Waals surface area contributed by atoms with Gasteiger partial charge in [0.15, 0.2) is 0 Å². The van der Waals surface area contributed by atoms with E-state index in [4.69, 9.17) is 4.52 Å². The van der Waals surface area contributed by atoms with Crippen LogP contribution in [0.5, 0.6) is 0 Å². The van der Waals surface area contributed by atoms with Gasteiger partial charge in [-0.15, -0.1) is 0 Å². The molecule has 1 nitrogen and oxygen atoms in total. The minimum atomic E-state index is 0.511. The molecule has 0 saturated carbocycles. The molecule has 0 aliphatic heterocycles. The lowest BCUT2D eigenvalue weighted by molar-refractivity contribution is 0.366. The van der Waals surface area contributed by atoms with Crippen molar-refractivity contribution in [1.82, 2.24) is 0 Å². The molecule has 2 heteroatoms. The van der Waals surface area contributed by atoms with Crippen LogP contribution in [0.2, 0.25) is 0 Å². The molecule has 1 unspecified atom stereocenters. The van der Waals surface area contributed by atoms with Crippen LogP contribution in [0.25, 0.3) is 0 Å². The molecule has 11 heavy (non-hydrogen) atoms. The van der Waals surface area contributed by atoms with E-state index < -0.39 is 0 Å². The summed E-state index contributed by atoms with van der Waals surface area (Å²) in [6.45, 7) is 2.99. The van der Waals surface area contributed by atoms with Crippen molar-refractivity contribution in [2.24, 2.45) is 0 Å². The molecule has 60 valence electrons. The van der Waals surface area contributed by atoms with Gasteiger partial charge in [0.1, 0.15) is 0 Å². The van der Waals surface area contributed by atoms with Gasteiger partial charge in [-0.3, -0.25) is 0 Å². The van der Waals surface area contributed by atoms with Crippen LogP contribution in [-0.4, -0.2) is 6.61 Å². The van der Waals surface area contributed by atoms with Crippen LogP contribution in [0.15, 0.2) is 30.3 Å². The quantitative estimate of drug-likeness (QED) is 0.495. The Morgan fingerprint density at radius 3 is 2.64 bits per heavy atom. The van der Waals surface area contributed by atoms with E-state index in [-0.39, 0.29) is 0 Å². The molecule has 0 aromatic heterocycles. The van der Waals surface area contributed by atoms with Crippen LogP contribution < -0.4 is 5.30 Å². The summed E-state index contributed by atoms with van der Waals surface area (Å²) in [5.74, 6) is 0. The Bertz CT molecular complexity index is 186. The zero-order valence-electron chi connectivity index (χ0n) is 6.71. The van der Waals surface area contributed by atoms with E-state index in [1.165, 1.54) is 5.30 Å². The molecule has 0 amide bonds. The average Bonchev–Trinajstić information content (AvgIpc) is 2.07. The van der Waals surface area contributed by atoms with Crippen molar-refractivity contribution in [3.05, 3.63) is 30.3 Å². The number of benzene rings is 1. The van der Waals surface area contributed by atoms with E-state index in [1.807, 2.05) is 18.2 Å². The first-order valence-electron chi connectivity index (χ1n) is 3.86. The lowest BCUT2D eigenvalue weighted by Crippen LogP contribution is -1.93. The van der Waals surface area contributed by atoms with Gasteiger partial charge in [0, 0.05) is 8.81 Å². The predicted octanol–water partition coefficient (Wildman–Crippen LogP) is 2.33. The minimum absolute atomic E-state index is 0.511. The molecule has 1 aromatic rings. The highest BCUT2D eigenvalue weighted by molar-refractivity contribution is 7.41. The Balaban J connectivity index is 2.28. The first-order chi connectivity index (χ1) is 5.43. The summed E-state index contributed by atoms with van der Waals surface area (Å²) in [5, 5.41) is 1.28. The zero-order chi connectivity index (χ0) is 7.94. The van der Waals surface area contributed by atoms with Crippen LogP contribution in [0.4, 0.5) is 0 Å². The van der Waals surface area contributed by atoms with E-state index in [2.05, 4.69) is 19.1 Å². The lowest BCUT2D eigenvalue weighted by Gasteiger charge is -2.00. The Morgan fingerprint density at radius 2 is 2.00 bits per heavy atom. The molecule has 0 N–H and O–H groups in total. The van der Waals surface area contributed by atoms with Crippen molar-refractivity contribution < 1.29 is 4.52 Å². The van der Waals surface area contributed by atoms with Gasteiger partial charge in [-0.05, 0) is 11.7 Å². The highest BCUT2D eigenvalue weighted by atomic mass is 31.1. The van der Waals surface area contributed by atoms with E-state index in [1.54, 1.807) is 0 Å². The summed E-state index contributed by atoms with van der Waals surface area (Å²) in [6.07, 6.45) is 1.10. The molecule has 0 spiro atoms. The molecule has 0 bridgehead atoms. The van der Waals surface area contributed by atoms with Crippen LogP contribution in [0.1, 0.15) is 13.3 Å². The van der Waals surface area contributed by atoms with Gasteiger partial charge in [0.25, 0.3) is 0 Å². The van der Waals surface area contributed by atoms with Crippen molar-refractivity contribution >= 4 is 14.1 Å². The maximum Gasteiger partial charge on any atom is 0.0507 e. The van der Waals surface area contributed by atoms with Crippen molar-refractivity contribution in [1.29, 1.82) is 0 Å². The normalized spacial score (nSPS) is 11.0. The summed E-state index contributed by atoms with van der Waals surface area (Å²) in [7, 11) is 0.511. The molecular formula is C9H13OP. The monoisotopic (exact) mass is 168 g/mol. The molecule has 0 fully saturated rings. The Kier molecular flexibility index (Phi) is 4.18. The van der Waals surface area contributed by atoms with E-state index >= 15 is 0 Å². The SMILES string of the molecule is CCCOPc1ccccc1. The Hall–Kier alpha value is -0.390. The van der Waals surface area contributed by atoms with Gasteiger partial charge >= 0.3 is 0 Å². The smallest absolute Gasteiger partial charge is 0.0507 e. The second-order valence-corrected chi connectivity index (χ2v) is 3.39. The largest absolute Gasteiger partial charge is 0.358 e. The highest BCUT2D eigenvalue weighted by Gasteiger charge is 1.88. The average molecular weight is 168 g/mol. The third-order valence-electron chi connectivity index (χ3n) is 1.27. The van der Waals surface area contributed by atoms with Crippen molar-refractivity contribution in [3.8, 4) is 0 Å². The van der Waals surface area contributed by atoms with Crippen LogP contribution >= 0.6 is 8.81 Å². The molecule has 0 aliphatic carbocycles. The second-order valence-electron chi connectivity index (χ2n) is 2.32. The topological polar surface area (TPSA) is 9.23 Å². The highest BCUT2D eigenvalue weighted by Crippen LogP contribution is 2.10. The second kappa shape index (κ2) is 5.29. The fourth-order valence-corrected chi connectivity index (χ4v) is 1.54. The third kappa shape index (κ3) is 3.50. The molecule has 1 atom stereocenters. The summed E-state index contributed by atoms with van der Waals surface area (Å²) < 4.78 is 5.40. The Labute approximate surface area is 69.6 Å². The molecule has 1 aromatic carbocycles. The van der Waals surface area contributed by atoms with Gasteiger partial charge in [-0.25, -0.2) is 0 Å². The molecular weight excluding hydrogens is 155 g/mol. The van der Waals surface area contributed by atoms with E-state index in [0.29, 0.717) is 8.81 Å². The lowest BCUT2D eigenvalue weighted by atomic mass is 10.4. The number of rotatable bonds is 4. The van der Waals surface area contributed by atoms with Gasteiger partial charge in [-0.1, -0.05) is 37.3 Å². The molecule has 0 aliphatic rings. The summed E-state index contributed by atoms with van der Waals surface area (Å²) in [4.78, 5) is 0. The first kappa shape index (κ1) is 8.70. The number of hydrogen-bond donors (Lipinski definition) is 0. The van der Waals surface area contributed by atoms with E-state index in [9.17, 15) is 0 Å². The van der Waals surface area contributed by atoms with Crippen molar-refractivity contribution in [2.75, 3.05) is 6.61 Å². The van der Waals surface area contributed by atoms with Crippen molar-refractivity contribution in [2.45, 2.75) is 13.3 Å². The summed E-state index contributed by atoms with van der Waals surface area (Å²) >= 11 is 0. The fourth-order valence-electron chi connectivity index (χ4n) is 0.743.